The number of aromatic nitrogens is 4. The van der Waals surface area contributed by atoms with E-state index >= 15 is 0 Å². The number of aromatic amines is 2. The molecule has 1 aliphatic heterocycles. The Morgan fingerprint density at radius 2 is 1.92 bits per heavy atom. The summed E-state index contributed by atoms with van der Waals surface area (Å²) in [6.45, 7) is 1.54. The number of rotatable bonds is 3. The van der Waals surface area contributed by atoms with Crippen molar-refractivity contribution in [3.63, 3.8) is 0 Å². The lowest BCUT2D eigenvalue weighted by molar-refractivity contribution is 0.0713. The summed E-state index contributed by atoms with van der Waals surface area (Å²) in [4.78, 5) is 22.8. The highest BCUT2D eigenvalue weighted by Gasteiger charge is 2.31. The Hall–Kier alpha value is -2.63. The molecule has 0 bridgehead atoms. The van der Waals surface area contributed by atoms with Crippen LogP contribution in [0.25, 0.3) is 10.9 Å². The second-order valence-corrected chi connectivity index (χ2v) is 7.16. The smallest absolute Gasteiger partial charge is 0.254 e. The molecule has 1 saturated heterocycles. The largest absolute Gasteiger partial charge is 0.361 e. The lowest BCUT2D eigenvalue weighted by Gasteiger charge is -2.31. The lowest BCUT2D eigenvalue weighted by Crippen LogP contribution is -2.38. The maximum atomic E-state index is 12.9. The number of H-pyrrole nitrogens is 2. The van der Waals surface area contributed by atoms with Crippen molar-refractivity contribution < 1.29 is 4.79 Å². The number of carbonyl (C=O) groups excluding carboxylic acids is 1. The SMILES string of the molecule is O=C(c1cccc2[nH]ccc12)N1CCC(c2nc(C3CC3)n[nH]2)CC1. The third kappa shape index (κ3) is 2.62. The molecule has 1 aromatic carbocycles. The first-order chi connectivity index (χ1) is 12.3. The molecule has 0 spiro atoms. The number of hydrogen-bond acceptors (Lipinski definition) is 3. The molecule has 3 heterocycles. The molecule has 2 N–H and O–H groups in total. The predicted octanol–water partition coefficient (Wildman–Crippen LogP) is 3.18. The fourth-order valence-electron chi connectivity index (χ4n) is 3.79. The minimum absolute atomic E-state index is 0.125. The van der Waals surface area contributed by atoms with Crippen molar-refractivity contribution in [1.29, 1.82) is 0 Å². The van der Waals surface area contributed by atoms with E-state index in [0.29, 0.717) is 11.8 Å². The van der Waals surface area contributed by atoms with Crippen LogP contribution in [0.2, 0.25) is 0 Å². The Bertz CT molecular complexity index is 915. The Morgan fingerprint density at radius 3 is 2.72 bits per heavy atom. The molecule has 1 aliphatic carbocycles. The molecule has 1 saturated carbocycles. The second-order valence-electron chi connectivity index (χ2n) is 7.16. The average molecular weight is 335 g/mol. The van der Waals surface area contributed by atoms with Crippen molar-refractivity contribution in [2.75, 3.05) is 13.1 Å². The number of nitrogens with zero attached hydrogens (tertiary/aromatic N) is 3. The van der Waals surface area contributed by atoms with E-state index < -0.39 is 0 Å². The summed E-state index contributed by atoms with van der Waals surface area (Å²) >= 11 is 0. The minimum Gasteiger partial charge on any atom is -0.361 e. The van der Waals surface area contributed by atoms with Gasteiger partial charge in [0, 0.05) is 47.6 Å². The maximum Gasteiger partial charge on any atom is 0.254 e. The molecule has 2 aromatic heterocycles. The average Bonchev–Trinajstić information content (AvgIpc) is 3.19. The summed E-state index contributed by atoms with van der Waals surface area (Å²) in [5.41, 5.74) is 1.79. The van der Waals surface area contributed by atoms with Gasteiger partial charge in [-0.25, -0.2) is 4.98 Å². The van der Waals surface area contributed by atoms with Gasteiger partial charge in [-0.15, -0.1) is 0 Å². The van der Waals surface area contributed by atoms with E-state index in [2.05, 4.69) is 20.2 Å². The molecule has 128 valence electrons. The topological polar surface area (TPSA) is 77.7 Å². The highest BCUT2D eigenvalue weighted by molar-refractivity contribution is 6.06. The molecule has 2 aliphatic rings. The zero-order chi connectivity index (χ0) is 16.8. The second kappa shape index (κ2) is 5.72. The standard InChI is InChI=1S/C19H21N5O/c25-19(15-2-1-3-16-14(15)6-9-20-16)24-10-7-13(8-11-24)18-21-17(22-23-18)12-4-5-12/h1-3,6,9,12-13,20H,4-5,7-8,10-11H2,(H,21,22,23). The molecule has 6 nitrogen and oxygen atoms in total. The van der Waals surface area contributed by atoms with Crippen LogP contribution in [-0.4, -0.2) is 44.1 Å². The fourth-order valence-corrected chi connectivity index (χ4v) is 3.79. The van der Waals surface area contributed by atoms with Crippen LogP contribution in [0.15, 0.2) is 30.5 Å². The lowest BCUT2D eigenvalue weighted by atomic mass is 9.95. The zero-order valence-corrected chi connectivity index (χ0v) is 14.0. The first-order valence-corrected chi connectivity index (χ1v) is 9.07. The number of carbonyl (C=O) groups is 1. The molecular formula is C19H21N5O. The van der Waals surface area contributed by atoms with Crippen LogP contribution in [0.3, 0.4) is 0 Å². The van der Waals surface area contributed by atoms with Gasteiger partial charge in [0.05, 0.1) is 0 Å². The third-order valence-corrected chi connectivity index (χ3v) is 5.46. The number of likely N-dealkylation sites (tertiary alicyclic amines) is 1. The summed E-state index contributed by atoms with van der Waals surface area (Å²) in [5, 5.41) is 8.49. The third-order valence-electron chi connectivity index (χ3n) is 5.46. The molecule has 0 unspecified atom stereocenters. The van der Waals surface area contributed by atoms with Crippen molar-refractivity contribution in [3.05, 3.63) is 47.7 Å². The van der Waals surface area contributed by atoms with Crippen LogP contribution in [0.1, 0.15) is 59.5 Å². The van der Waals surface area contributed by atoms with Gasteiger partial charge in [0.2, 0.25) is 0 Å². The molecular weight excluding hydrogens is 314 g/mol. The molecule has 6 heteroatoms. The van der Waals surface area contributed by atoms with Gasteiger partial charge in [0.15, 0.2) is 5.82 Å². The van der Waals surface area contributed by atoms with Crippen molar-refractivity contribution >= 4 is 16.8 Å². The Balaban J connectivity index is 1.29. The summed E-state index contributed by atoms with van der Waals surface area (Å²) in [6.07, 6.45) is 6.20. The molecule has 0 radical (unpaired) electrons. The van der Waals surface area contributed by atoms with Gasteiger partial charge >= 0.3 is 0 Å². The van der Waals surface area contributed by atoms with Gasteiger partial charge in [-0.1, -0.05) is 6.07 Å². The van der Waals surface area contributed by atoms with Gasteiger partial charge in [-0.2, -0.15) is 5.10 Å². The van der Waals surface area contributed by atoms with Gasteiger partial charge in [0.1, 0.15) is 5.82 Å². The van der Waals surface area contributed by atoms with Crippen LogP contribution in [0, 0.1) is 0 Å². The number of hydrogen-bond donors (Lipinski definition) is 2. The number of nitrogens with one attached hydrogen (secondary N) is 2. The minimum atomic E-state index is 0.125. The maximum absolute atomic E-state index is 12.9. The summed E-state index contributed by atoms with van der Waals surface area (Å²) < 4.78 is 0. The van der Waals surface area contributed by atoms with E-state index in [-0.39, 0.29) is 5.91 Å². The highest BCUT2D eigenvalue weighted by atomic mass is 16.2. The van der Waals surface area contributed by atoms with Crippen molar-refractivity contribution in [1.82, 2.24) is 25.1 Å². The molecule has 5 rings (SSSR count). The molecule has 3 aromatic rings. The Labute approximate surface area is 145 Å². The van der Waals surface area contributed by atoms with Gasteiger partial charge < -0.3 is 9.88 Å². The van der Waals surface area contributed by atoms with E-state index in [4.69, 9.17) is 0 Å². The zero-order valence-electron chi connectivity index (χ0n) is 14.0. The van der Waals surface area contributed by atoms with Crippen LogP contribution in [-0.2, 0) is 0 Å². The van der Waals surface area contributed by atoms with Gasteiger partial charge in [-0.3, -0.25) is 9.89 Å². The van der Waals surface area contributed by atoms with Crippen LogP contribution in [0.4, 0.5) is 0 Å². The van der Waals surface area contributed by atoms with Crippen molar-refractivity contribution in [2.24, 2.45) is 0 Å². The van der Waals surface area contributed by atoms with E-state index in [1.54, 1.807) is 0 Å². The quantitative estimate of drug-likeness (QED) is 0.771. The summed E-state index contributed by atoms with van der Waals surface area (Å²) in [5.74, 6) is 3.06. The fraction of sp³-hybridized carbons (Fsp3) is 0.421. The number of benzene rings is 1. The monoisotopic (exact) mass is 335 g/mol. The molecule has 0 atom stereocenters. The van der Waals surface area contributed by atoms with Crippen LogP contribution < -0.4 is 0 Å². The van der Waals surface area contributed by atoms with Gasteiger partial charge in [0.25, 0.3) is 5.91 Å². The molecule has 25 heavy (non-hydrogen) atoms. The van der Waals surface area contributed by atoms with Gasteiger partial charge in [-0.05, 0) is 43.9 Å². The van der Waals surface area contributed by atoms with E-state index in [1.165, 1.54) is 12.8 Å². The number of piperidine rings is 1. The first kappa shape index (κ1) is 14.7. The van der Waals surface area contributed by atoms with E-state index in [1.807, 2.05) is 35.4 Å². The molecule has 2 fully saturated rings. The van der Waals surface area contributed by atoms with E-state index in [9.17, 15) is 4.79 Å². The summed E-state index contributed by atoms with van der Waals surface area (Å²) in [7, 11) is 0. The summed E-state index contributed by atoms with van der Waals surface area (Å²) in [6, 6.07) is 7.83. The van der Waals surface area contributed by atoms with Crippen LogP contribution in [0.5, 0.6) is 0 Å². The number of fused-ring (bicyclic) bond motifs is 1. The number of amides is 1. The molecule has 1 amide bonds. The normalized spacial score (nSPS) is 18.8. The van der Waals surface area contributed by atoms with Crippen molar-refractivity contribution in [2.45, 2.75) is 37.5 Å². The van der Waals surface area contributed by atoms with Crippen LogP contribution >= 0.6 is 0 Å². The highest BCUT2D eigenvalue weighted by Crippen LogP contribution is 2.38. The first-order valence-electron chi connectivity index (χ1n) is 9.07. The Kier molecular flexibility index (Phi) is 3.36. The van der Waals surface area contributed by atoms with Crippen molar-refractivity contribution in [3.8, 4) is 0 Å². The predicted molar refractivity (Wildman–Crippen MR) is 94.5 cm³/mol. The van der Waals surface area contributed by atoms with E-state index in [0.717, 1.165) is 54.0 Å². The Morgan fingerprint density at radius 1 is 1.08 bits per heavy atom.